The van der Waals surface area contributed by atoms with Crippen LogP contribution in [0.15, 0.2) is 0 Å². The third-order valence-electron chi connectivity index (χ3n) is 4.74. The van der Waals surface area contributed by atoms with E-state index < -0.39 is 5.54 Å². The summed E-state index contributed by atoms with van der Waals surface area (Å²) in [6, 6.07) is 1.10. The summed E-state index contributed by atoms with van der Waals surface area (Å²) in [5, 5.41) is 0. The van der Waals surface area contributed by atoms with Gasteiger partial charge in [0.25, 0.3) is 0 Å². The van der Waals surface area contributed by atoms with Crippen LogP contribution in [-0.2, 0) is 9.53 Å². The fraction of sp³-hybridized carbons (Fsp3) is 0.929. The number of nitrogens with two attached hydrogens (primary N) is 1. The normalized spacial score (nSPS) is 32.2. The van der Waals surface area contributed by atoms with Crippen LogP contribution in [0.25, 0.3) is 0 Å². The zero-order valence-electron chi connectivity index (χ0n) is 11.8. The first kappa shape index (κ1) is 13.8. The minimum atomic E-state index is -0.791. The highest BCUT2D eigenvalue weighted by molar-refractivity contribution is 5.81. The van der Waals surface area contributed by atoms with Gasteiger partial charge >= 0.3 is 5.97 Å². The van der Waals surface area contributed by atoms with E-state index in [1.165, 1.54) is 20.0 Å². The maximum Gasteiger partial charge on any atom is 0.327 e. The predicted octanol–water partition coefficient (Wildman–Crippen LogP) is 1.53. The van der Waals surface area contributed by atoms with Gasteiger partial charge in [0.1, 0.15) is 5.54 Å². The third-order valence-corrected chi connectivity index (χ3v) is 4.74. The van der Waals surface area contributed by atoms with Crippen LogP contribution in [0.4, 0.5) is 0 Å². The molecule has 2 N–H and O–H groups in total. The first-order valence-corrected chi connectivity index (χ1v) is 7.16. The number of esters is 1. The first-order valence-electron chi connectivity index (χ1n) is 7.16. The Kier molecular flexibility index (Phi) is 3.97. The van der Waals surface area contributed by atoms with Gasteiger partial charge in [-0.05, 0) is 44.9 Å². The highest BCUT2D eigenvalue weighted by atomic mass is 16.5. The zero-order chi connectivity index (χ0) is 13.3. The molecule has 4 heteroatoms. The van der Waals surface area contributed by atoms with Crippen LogP contribution in [0.5, 0.6) is 0 Å². The summed E-state index contributed by atoms with van der Waals surface area (Å²) < 4.78 is 4.94. The van der Waals surface area contributed by atoms with Gasteiger partial charge in [-0.2, -0.15) is 0 Å². The molecule has 3 atom stereocenters. The summed E-state index contributed by atoms with van der Waals surface area (Å²) in [5.74, 6) is 0.0780. The van der Waals surface area contributed by atoms with E-state index in [1.54, 1.807) is 0 Å². The molecule has 4 nitrogen and oxygen atoms in total. The molecule has 2 fully saturated rings. The lowest BCUT2D eigenvalue weighted by Crippen LogP contribution is -2.60. The lowest BCUT2D eigenvalue weighted by molar-refractivity contribution is -0.149. The summed E-state index contributed by atoms with van der Waals surface area (Å²) in [4.78, 5) is 14.5. The van der Waals surface area contributed by atoms with Crippen LogP contribution >= 0.6 is 0 Å². The van der Waals surface area contributed by atoms with Crippen molar-refractivity contribution < 1.29 is 9.53 Å². The highest BCUT2D eigenvalue weighted by Crippen LogP contribution is 2.41. The van der Waals surface area contributed by atoms with Gasteiger partial charge in [-0.15, -0.1) is 0 Å². The largest absolute Gasteiger partial charge is 0.468 e. The number of likely N-dealkylation sites (tertiary alicyclic amines) is 1. The lowest BCUT2D eigenvalue weighted by atomic mass is 9.93. The highest BCUT2D eigenvalue weighted by Gasteiger charge is 2.51. The van der Waals surface area contributed by atoms with E-state index >= 15 is 0 Å². The van der Waals surface area contributed by atoms with Crippen LogP contribution < -0.4 is 5.73 Å². The molecule has 1 heterocycles. The molecule has 1 saturated heterocycles. The van der Waals surface area contributed by atoms with Crippen molar-refractivity contribution in [3.05, 3.63) is 0 Å². The van der Waals surface area contributed by atoms with Crippen molar-refractivity contribution >= 4 is 5.97 Å². The van der Waals surface area contributed by atoms with Gasteiger partial charge in [0, 0.05) is 18.6 Å². The van der Waals surface area contributed by atoms with Gasteiger partial charge in [-0.3, -0.25) is 9.69 Å². The van der Waals surface area contributed by atoms with Gasteiger partial charge in [0.15, 0.2) is 0 Å². The molecule has 0 aromatic rings. The Hall–Kier alpha value is -0.610. The molecule has 0 spiro atoms. The Labute approximate surface area is 110 Å². The van der Waals surface area contributed by atoms with Crippen molar-refractivity contribution in [2.75, 3.05) is 13.7 Å². The fourth-order valence-corrected chi connectivity index (χ4v) is 3.30. The van der Waals surface area contributed by atoms with Crippen molar-refractivity contribution in [1.29, 1.82) is 0 Å². The maximum absolute atomic E-state index is 12.0. The number of carbonyl (C=O) groups excluding carboxylic acids is 1. The summed E-state index contributed by atoms with van der Waals surface area (Å²) in [6.07, 6.45) is 5.68. The Bertz CT molecular complexity index is 317. The molecule has 1 aliphatic carbocycles. The molecule has 3 unspecified atom stereocenters. The van der Waals surface area contributed by atoms with E-state index in [1.807, 2.05) is 0 Å². The number of rotatable bonds is 5. The number of nitrogens with zero attached hydrogens (tertiary/aromatic N) is 1. The number of ether oxygens (including phenoxy) is 1. The quantitative estimate of drug-likeness (QED) is 0.756. The molecule has 0 aromatic heterocycles. The van der Waals surface area contributed by atoms with Crippen LogP contribution in [0.3, 0.4) is 0 Å². The molecule has 2 rings (SSSR count). The molecule has 0 amide bonds. The summed E-state index contributed by atoms with van der Waals surface area (Å²) in [5.41, 5.74) is 5.61. The van der Waals surface area contributed by atoms with Crippen molar-refractivity contribution in [3.8, 4) is 0 Å². The molecular weight excluding hydrogens is 228 g/mol. The maximum atomic E-state index is 12.0. The summed E-state index contributed by atoms with van der Waals surface area (Å²) in [6.45, 7) is 5.10. The Balaban J connectivity index is 2.11. The molecular formula is C14H26N2O2. The van der Waals surface area contributed by atoms with E-state index in [9.17, 15) is 4.79 Å². The van der Waals surface area contributed by atoms with Crippen LogP contribution in [0.1, 0.15) is 46.0 Å². The topological polar surface area (TPSA) is 55.6 Å². The van der Waals surface area contributed by atoms with Crippen molar-refractivity contribution in [3.63, 3.8) is 0 Å². The Morgan fingerprint density at radius 3 is 2.56 bits per heavy atom. The molecule has 104 valence electrons. The molecule has 18 heavy (non-hydrogen) atoms. The molecule has 0 bridgehead atoms. The van der Waals surface area contributed by atoms with Crippen molar-refractivity contribution in [2.45, 2.75) is 63.6 Å². The number of hydrogen-bond acceptors (Lipinski definition) is 4. The monoisotopic (exact) mass is 254 g/mol. The van der Waals surface area contributed by atoms with E-state index in [0.29, 0.717) is 24.5 Å². The van der Waals surface area contributed by atoms with Gasteiger partial charge in [0.2, 0.25) is 0 Å². The second-order valence-electron chi connectivity index (χ2n) is 5.97. The molecule has 2 aliphatic rings. The van der Waals surface area contributed by atoms with E-state index in [4.69, 9.17) is 10.5 Å². The van der Waals surface area contributed by atoms with Crippen molar-refractivity contribution in [1.82, 2.24) is 4.90 Å². The Morgan fingerprint density at radius 1 is 1.39 bits per heavy atom. The fourth-order valence-electron chi connectivity index (χ4n) is 3.30. The van der Waals surface area contributed by atoms with Crippen LogP contribution in [0.2, 0.25) is 0 Å². The second kappa shape index (κ2) is 5.17. The van der Waals surface area contributed by atoms with Crippen LogP contribution in [-0.4, -0.2) is 42.1 Å². The van der Waals surface area contributed by atoms with E-state index in [2.05, 4.69) is 18.7 Å². The SMILES string of the molecule is CCC1CCC(C)N1CC(N)(C(=O)OC)C1CC1. The van der Waals surface area contributed by atoms with Gasteiger partial charge in [-0.1, -0.05) is 6.92 Å². The molecule has 0 aromatic carbocycles. The third kappa shape index (κ3) is 2.41. The van der Waals surface area contributed by atoms with Crippen LogP contribution in [0, 0.1) is 5.92 Å². The number of hydrogen-bond donors (Lipinski definition) is 1. The summed E-state index contributed by atoms with van der Waals surface area (Å²) in [7, 11) is 1.44. The number of carbonyl (C=O) groups is 1. The zero-order valence-corrected chi connectivity index (χ0v) is 11.8. The van der Waals surface area contributed by atoms with E-state index in [-0.39, 0.29) is 5.97 Å². The molecule has 0 radical (unpaired) electrons. The predicted molar refractivity (Wildman–Crippen MR) is 71.1 cm³/mol. The smallest absolute Gasteiger partial charge is 0.327 e. The molecule has 1 saturated carbocycles. The van der Waals surface area contributed by atoms with Gasteiger partial charge in [-0.25, -0.2) is 0 Å². The minimum absolute atomic E-state index is 0.237. The average molecular weight is 254 g/mol. The standard InChI is InChI=1S/C14H26N2O2/c1-4-12-8-5-10(2)16(12)9-14(15,11-6-7-11)13(17)18-3/h10-12H,4-9,15H2,1-3H3. The van der Waals surface area contributed by atoms with Crippen molar-refractivity contribution in [2.24, 2.45) is 11.7 Å². The average Bonchev–Trinajstić information content (AvgIpc) is 3.16. The van der Waals surface area contributed by atoms with Gasteiger partial charge < -0.3 is 10.5 Å². The Morgan fingerprint density at radius 2 is 2.06 bits per heavy atom. The summed E-state index contributed by atoms with van der Waals surface area (Å²) >= 11 is 0. The second-order valence-corrected chi connectivity index (χ2v) is 5.97. The van der Waals surface area contributed by atoms with E-state index in [0.717, 1.165) is 19.3 Å². The van der Waals surface area contributed by atoms with Gasteiger partial charge in [0.05, 0.1) is 7.11 Å². The lowest BCUT2D eigenvalue weighted by Gasteiger charge is -2.36. The number of methoxy groups -OCH3 is 1. The minimum Gasteiger partial charge on any atom is -0.468 e. The first-order chi connectivity index (χ1) is 8.52. The molecule has 1 aliphatic heterocycles.